The largest absolute Gasteiger partial charge is 0.454 e. The Balaban J connectivity index is 1.64. The molecule has 150 valence electrons. The number of nitrogens with one attached hydrogen (secondary N) is 1. The number of nitrogens with zero attached hydrogens (tertiary/aromatic N) is 2. The van der Waals surface area contributed by atoms with E-state index < -0.39 is 0 Å². The van der Waals surface area contributed by atoms with Crippen LogP contribution in [0.25, 0.3) is 0 Å². The molecule has 6 heteroatoms. The number of aliphatic hydroxyl groups excluding tert-OH is 1. The molecule has 1 aliphatic heterocycles. The first-order chi connectivity index (χ1) is 13.5. The van der Waals surface area contributed by atoms with Crippen molar-refractivity contribution in [3.8, 4) is 11.5 Å². The number of likely N-dealkylation sites (tertiary alicyclic amines) is 1. The predicted octanol–water partition coefficient (Wildman–Crippen LogP) is 3.54. The number of carbonyl (C=O) groups is 1. The summed E-state index contributed by atoms with van der Waals surface area (Å²) < 4.78 is 5.88. The summed E-state index contributed by atoms with van der Waals surface area (Å²) in [6.45, 7) is 6.69. The van der Waals surface area contributed by atoms with Crippen molar-refractivity contribution in [1.29, 1.82) is 0 Å². The van der Waals surface area contributed by atoms with Gasteiger partial charge in [-0.15, -0.1) is 0 Å². The molecule has 2 N–H and O–H groups in total. The van der Waals surface area contributed by atoms with Gasteiger partial charge in [0.25, 0.3) is 0 Å². The maximum Gasteiger partial charge on any atom is 0.228 e. The summed E-state index contributed by atoms with van der Waals surface area (Å²) in [6, 6.07) is 11.1. The van der Waals surface area contributed by atoms with E-state index in [9.17, 15) is 9.90 Å². The number of hydrogen-bond donors (Lipinski definition) is 2. The fourth-order valence-corrected chi connectivity index (χ4v) is 3.50. The van der Waals surface area contributed by atoms with Gasteiger partial charge in [0.15, 0.2) is 5.75 Å². The maximum absolute atomic E-state index is 12.9. The Labute approximate surface area is 166 Å². The summed E-state index contributed by atoms with van der Waals surface area (Å²) in [5.41, 5.74) is 0.492. The molecule has 2 heterocycles. The second-order valence-electron chi connectivity index (χ2n) is 8.17. The SMILES string of the molecule is CC(C)(CO)CN1CCCC(C(=O)Nc2ccccc2Oc2cccnc2)C1. The fourth-order valence-electron chi connectivity index (χ4n) is 3.50. The monoisotopic (exact) mass is 383 g/mol. The molecule has 6 nitrogen and oxygen atoms in total. The number of para-hydroxylation sites is 2. The Kier molecular flexibility index (Phi) is 6.65. The smallest absolute Gasteiger partial charge is 0.228 e. The number of piperidine rings is 1. The van der Waals surface area contributed by atoms with Crippen molar-refractivity contribution in [3.05, 3.63) is 48.8 Å². The van der Waals surface area contributed by atoms with Gasteiger partial charge in [-0.3, -0.25) is 9.78 Å². The third-order valence-electron chi connectivity index (χ3n) is 4.96. The normalized spacial score (nSPS) is 17.9. The zero-order valence-corrected chi connectivity index (χ0v) is 16.6. The van der Waals surface area contributed by atoms with Crippen LogP contribution in [0.2, 0.25) is 0 Å². The van der Waals surface area contributed by atoms with Gasteiger partial charge in [-0.05, 0) is 43.7 Å². The highest BCUT2D eigenvalue weighted by molar-refractivity contribution is 5.94. The third-order valence-corrected chi connectivity index (χ3v) is 4.96. The number of aromatic nitrogens is 1. The van der Waals surface area contributed by atoms with Crippen LogP contribution >= 0.6 is 0 Å². The number of benzene rings is 1. The lowest BCUT2D eigenvalue weighted by Crippen LogP contribution is -2.45. The van der Waals surface area contributed by atoms with Gasteiger partial charge in [0, 0.05) is 31.3 Å². The van der Waals surface area contributed by atoms with Gasteiger partial charge in [-0.1, -0.05) is 26.0 Å². The Morgan fingerprint density at radius 1 is 1.32 bits per heavy atom. The molecule has 1 saturated heterocycles. The molecule has 1 amide bonds. The Hall–Kier alpha value is -2.44. The van der Waals surface area contributed by atoms with Gasteiger partial charge in [0.2, 0.25) is 5.91 Å². The zero-order chi connectivity index (χ0) is 20.0. The van der Waals surface area contributed by atoms with E-state index in [1.165, 1.54) is 0 Å². The molecule has 1 aromatic heterocycles. The van der Waals surface area contributed by atoms with E-state index in [0.29, 0.717) is 23.7 Å². The van der Waals surface area contributed by atoms with Gasteiger partial charge in [-0.2, -0.15) is 0 Å². The molecule has 1 aliphatic rings. The van der Waals surface area contributed by atoms with Crippen LogP contribution in [-0.4, -0.2) is 47.1 Å². The topological polar surface area (TPSA) is 74.7 Å². The summed E-state index contributed by atoms with van der Waals surface area (Å²) in [5, 5.41) is 12.6. The molecule has 1 aromatic carbocycles. The lowest BCUT2D eigenvalue weighted by Gasteiger charge is -2.36. The number of carbonyl (C=O) groups excluding carboxylic acids is 1. The van der Waals surface area contributed by atoms with Crippen LogP contribution in [0.4, 0.5) is 5.69 Å². The van der Waals surface area contributed by atoms with Crippen LogP contribution in [0.1, 0.15) is 26.7 Å². The molecule has 0 aliphatic carbocycles. The highest BCUT2D eigenvalue weighted by atomic mass is 16.5. The van der Waals surface area contributed by atoms with Gasteiger partial charge >= 0.3 is 0 Å². The molecule has 0 saturated carbocycles. The maximum atomic E-state index is 12.9. The fraction of sp³-hybridized carbons (Fsp3) is 0.455. The number of ether oxygens (including phenoxy) is 1. The summed E-state index contributed by atoms with van der Waals surface area (Å²) in [4.78, 5) is 19.2. The van der Waals surface area contributed by atoms with Crippen LogP contribution in [0.15, 0.2) is 48.8 Å². The van der Waals surface area contributed by atoms with E-state index in [0.717, 1.165) is 25.9 Å². The summed E-state index contributed by atoms with van der Waals surface area (Å²) >= 11 is 0. The van der Waals surface area contributed by atoms with Gasteiger partial charge in [0.1, 0.15) is 5.75 Å². The predicted molar refractivity (Wildman–Crippen MR) is 109 cm³/mol. The minimum absolute atomic E-state index is 0.00809. The number of rotatable bonds is 7. The van der Waals surface area contributed by atoms with Crippen molar-refractivity contribution < 1.29 is 14.6 Å². The standard InChI is InChI=1S/C22H29N3O3/c1-22(2,16-26)15-25-12-6-7-17(14-25)21(27)24-19-9-3-4-10-20(19)28-18-8-5-11-23-13-18/h3-5,8-11,13,17,26H,6-7,12,14-16H2,1-2H3,(H,24,27). The van der Waals surface area contributed by atoms with Gasteiger partial charge in [-0.25, -0.2) is 0 Å². The van der Waals surface area contributed by atoms with Crippen molar-refractivity contribution in [3.63, 3.8) is 0 Å². The van der Waals surface area contributed by atoms with Crippen LogP contribution in [0.3, 0.4) is 0 Å². The highest BCUT2D eigenvalue weighted by Crippen LogP contribution is 2.30. The molecule has 1 atom stereocenters. The number of pyridine rings is 1. The van der Waals surface area contributed by atoms with E-state index in [1.54, 1.807) is 18.5 Å². The van der Waals surface area contributed by atoms with Crippen molar-refractivity contribution in [2.24, 2.45) is 11.3 Å². The first kappa shape index (κ1) is 20.3. The van der Waals surface area contributed by atoms with Gasteiger partial charge in [0.05, 0.1) is 17.8 Å². The molecule has 1 fully saturated rings. The van der Waals surface area contributed by atoms with Crippen LogP contribution < -0.4 is 10.1 Å². The van der Waals surface area contributed by atoms with Crippen molar-refractivity contribution in [2.75, 3.05) is 31.6 Å². The minimum atomic E-state index is -0.164. The van der Waals surface area contributed by atoms with Crippen molar-refractivity contribution in [1.82, 2.24) is 9.88 Å². The first-order valence-corrected chi connectivity index (χ1v) is 9.78. The average Bonchev–Trinajstić information content (AvgIpc) is 2.70. The summed E-state index contributed by atoms with van der Waals surface area (Å²) in [5.74, 6) is 1.15. The lowest BCUT2D eigenvalue weighted by molar-refractivity contribution is -0.121. The molecule has 3 rings (SSSR count). The Morgan fingerprint density at radius 2 is 2.14 bits per heavy atom. The van der Waals surface area contributed by atoms with Crippen LogP contribution in [-0.2, 0) is 4.79 Å². The second kappa shape index (κ2) is 9.17. The number of amides is 1. The van der Waals surface area contributed by atoms with Crippen molar-refractivity contribution in [2.45, 2.75) is 26.7 Å². The second-order valence-corrected chi connectivity index (χ2v) is 8.17. The first-order valence-electron chi connectivity index (χ1n) is 9.78. The summed E-state index contributed by atoms with van der Waals surface area (Å²) in [6.07, 6.45) is 5.18. The third kappa shape index (κ3) is 5.53. The number of aliphatic hydroxyl groups is 1. The van der Waals surface area contributed by atoms with Crippen LogP contribution in [0, 0.1) is 11.3 Å². The molecule has 0 radical (unpaired) electrons. The van der Waals surface area contributed by atoms with E-state index >= 15 is 0 Å². The highest BCUT2D eigenvalue weighted by Gasteiger charge is 2.29. The molecular formula is C22H29N3O3. The lowest BCUT2D eigenvalue weighted by atomic mass is 9.90. The van der Waals surface area contributed by atoms with E-state index in [4.69, 9.17) is 4.74 Å². The van der Waals surface area contributed by atoms with E-state index in [1.807, 2.05) is 44.2 Å². The van der Waals surface area contributed by atoms with Crippen molar-refractivity contribution >= 4 is 11.6 Å². The molecule has 0 spiro atoms. The number of hydrogen-bond acceptors (Lipinski definition) is 5. The van der Waals surface area contributed by atoms with Crippen LogP contribution in [0.5, 0.6) is 11.5 Å². The van der Waals surface area contributed by atoms with Gasteiger partial charge < -0.3 is 20.1 Å². The number of anilines is 1. The van der Waals surface area contributed by atoms with E-state index in [2.05, 4.69) is 15.2 Å². The van der Waals surface area contributed by atoms with E-state index in [-0.39, 0.29) is 23.8 Å². The summed E-state index contributed by atoms with van der Waals surface area (Å²) in [7, 11) is 0. The quantitative estimate of drug-likeness (QED) is 0.765. The molecule has 1 unspecified atom stereocenters. The Morgan fingerprint density at radius 3 is 2.89 bits per heavy atom. The molecule has 0 bridgehead atoms. The molecule has 28 heavy (non-hydrogen) atoms. The minimum Gasteiger partial charge on any atom is -0.454 e. The average molecular weight is 383 g/mol. The molecule has 2 aromatic rings. The Bertz CT molecular complexity index is 780. The zero-order valence-electron chi connectivity index (χ0n) is 16.6. The molecular weight excluding hydrogens is 354 g/mol.